The van der Waals surface area contributed by atoms with Gasteiger partial charge in [-0.2, -0.15) is 0 Å². The number of carbonyl (C=O) groups is 4. The highest BCUT2D eigenvalue weighted by molar-refractivity contribution is 5.83. The minimum Gasteiger partial charge on any atom is -0.480 e. The number of hydrogen-bond acceptors (Lipinski definition) is 6. The lowest BCUT2D eigenvalue weighted by atomic mass is 10.0. The number of nitrogens with one attached hydrogen (secondary N) is 2. The third-order valence-electron chi connectivity index (χ3n) is 3.82. The molecular weight excluding hydrogens is 326 g/mol. The van der Waals surface area contributed by atoms with Crippen molar-refractivity contribution in [2.24, 2.45) is 0 Å². The van der Waals surface area contributed by atoms with E-state index in [0.717, 1.165) is 6.29 Å². The summed E-state index contributed by atoms with van der Waals surface area (Å²) in [4.78, 5) is 46.6. The maximum atomic E-state index is 12.1. The summed E-state index contributed by atoms with van der Waals surface area (Å²) in [6.45, 7) is -0.0448. The molecule has 1 rings (SSSR count). The number of anilines is 1. The van der Waals surface area contributed by atoms with Crippen molar-refractivity contribution < 1.29 is 24.3 Å². The number of aldehydes is 2. The molecule has 0 aliphatic heterocycles. The Bertz CT molecular complexity index is 633. The molecule has 1 aromatic rings. The van der Waals surface area contributed by atoms with Crippen LogP contribution in [0.25, 0.3) is 0 Å². The first kappa shape index (κ1) is 20.3. The molecule has 1 aromatic carbocycles. The van der Waals surface area contributed by atoms with Crippen LogP contribution < -0.4 is 10.6 Å². The van der Waals surface area contributed by atoms with Crippen molar-refractivity contribution in [3.05, 3.63) is 29.3 Å². The molecule has 0 aliphatic rings. The molecule has 0 heterocycles. The normalized spacial score (nSPS) is 11.6. The molecule has 0 spiro atoms. The van der Waals surface area contributed by atoms with Crippen molar-refractivity contribution in [2.45, 2.75) is 25.4 Å². The lowest BCUT2D eigenvalue weighted by molar-refractivity contribution is -0.135. The average molecular weight is 349 g/mol. The van der Waals surface area contributed by atoms with E-state index < -0.39 is 12.0 Å². The Hall–Kier alpha value is -2.74. The molecule has 25 heavy (non-hydrogen) atoms. The van der Waals surface area contributed by atoms with E-state index in [0.29, 0.717) is 29.5 Å². The summed E-state index contributed by atoms with van der Waals surface area (Å²) in [5, 5.41) is 14.2. The molecular formula is C17H23N3O5. The van der Waals surface area contributed by atoms with Crippen LogP contribution in [0.2, 0.25) is 0 Å². The van der Waals surface area contributed by atoms with Crippen LogP contribution in [-0.4, -0.2) is 61.1 Å². The second-order valence-corrected chi connectivity index (χ2v) is 5.53. The molecule has 0 saturated carbocycles. The van der Waals surface area contributed by atoms with Gasteiger partial charge in [-0.15, -0.1) is 0 Å². The van der Waals surface area contributed by atoms with Gasteiger partial charge in [0.15, 0.2) is 0 Å². The van der Waals surface area contributed by atoms with Crippen LogP contribution in [0, 0.1) is 0 Å². The maximum Gasteiger partial charge on any atom is 0.322 e. The Balaban J connectivity index is 3.07. The number of hydrogen-bond donors (Lipinski definition) is 3. The zero-order valence-corrected chi connectivity index (χ0v) is 14.3. The molecule has 0 fully saturated rings. The molecule has 3 N–H and O–H groups in total. The first-order chi connectivity index (χ1) is 11.9. The first-order valence-corrected chi connectivity index (χ1v) is 7.82. The number of aliphatic carboxylic acids is 1. The third-order valence-corrected chi connectivity index (χ3v) is 3.82. The quantitative estimate of drug-likeness (QED) is 0.499. The number of carboxylic acids is 1. The summed E-state index contributed by atoms with van der Waals surface area (Å²) < 4.78 is 0. The van der Waals surface area contributed by atoms with Gasteiger partial charge in [0.25, 0.3) is 0 Å². The Morgan fingerprint density at radius 2 is 2.04 bits per heavy atom. The second-order valence-electron chi connectivity index (χ2n) is 5.53. The van der Waals surface area contributed by atoms with Gasteiger partial charge in [-0.05, 0) is 25.1 Å². The number of likely N-dealkylation sites (N-methyl/N-ethyl adjacent to an activating group) is 2. The summed E-state index contributed by atoms with van der Waals surface area (Å²) in [5.41, 5.74) is 1.53. The minimum atomic E-state index is -1.02. The molecule has 1 amide bonds. The van der Waals surface area contributed by atoms with Gasteiger partial charge >= 0.3 is 5.97 Å². The Morgan fingerprint density at radius 1 is 1.32 bits per heavy atom. The summed E-state index contributed by atoms with van der Waals surface area (Å²) in [5.74, 6) is -1.25. The van der Waals surface area contributed by atoms with Crippen molar-refractivity contribution in [3.8, 4) is 0 Å². The van der Waals surface area contributed by atoms with Gasteiger partial charge in [-0.1, -0.05) is 12.1 Å². The van der Waals surface area contributed by atoms with E-state index in [1.165, 1.54) is 7.05 Å². The molecule has 0 bridgehead atoms. The van der Waals surface area contributed by atoms with Crippen LogP contribution >= 0.6 is 0 Å². The Morgan fingerprint density at radius 3 is 2.60 bits per heavy atom. The fourth-order valence-corrected chi connectivity index (χ4v) is 2.53. The zero-order valence-electron chi connectivity index (χ0n) is 14.3. The number of amides is 1. The van der Waals surface area contributed by atoms with Crippen LogP contribution in [0.5, 0.6) is 0 Å². The van der Waals surface area contributed by atoms with Gasteiger partial charge in [0.05, 0.1) is 6.04 Å². The van der Waals surface area contributed by atoms with Crippen molar-refractivity contribution >= 4 is 30.1 Å². The van der Waals surface area contributed by atoms with Crippen LogP contribution in [0.4, 0.5) is 5.69 Å². The van der Waals surface area contributed by atoms with Gasteiger partial charge in [0, 0.05) is 31.3 Å². The van der Waals surface area contributed by atoms with E-state index in [1.54, 1.807) is 30.1 Å². The van der Waals surface area contributed by atoms with Gasteiger partial charge in [-0.25, -0.2) is 0 Å². The van der Waals surface area contributed by atoms with E-state index in [1.807, 2.05) is 0 Å². The molecule has 1 atom stereocenters. The largest absolute Gasteiger partial charge is 0.480 e. The van der Waals surface area contributed by atoms with Gasteiger partial charge < -0.3 is 20.5 Å². The predicted octanol–water partition coefficient (Wildman–Crippen LogP) is 0.521. The van der Waals surface area contributed by atoms with E-state index in [4.69, 9.17) is 5.11 Å². The highest BCUT2D eigenvalue weighted by Crippen LogP contribution is 2.22. The number of benzene rings is 1. The van der Waals surface area contributed by atoms with E-state index in [-0.39, 0.29) is 25.4 Å². The molecule has 0 radical (unpaired) electrons. The van der Waals surface area contributed by atoms with E-state index in [9.17, 15) is 19.2 Å². The number of nitrogens with zero attached hydrogens (tertiary/aromatic N) is 1. The zero-order chi connectivity index (χ0) is 18.8. The van der Waals surface area contributed by atoms with Crippen molar-refractivity contribution in [1.29, 1.82) is 0 Å². The Kier molecular flexibility index (Phi) is 8.28. The predicted molar refractivity (Wildman–Crippen MR) is 92.6 cm³/mol. The first-order valence-electron chi connectivity index (χ1n) is 7.82. The highest BCUT2D eigenvalue weighted by atomic mass is 16.4. The SMILES string of the molecule is CNC(=O)C(CCC=O)N(C)Cc1c(C=O)cccc1NCC(=O)O. The van der Waals surface area contributed by atoms with Crippen LogP contribution in [0.3, 0.4) is 0 Å². The smallest absolute Gasteiger partial charge is 0.322 e. The lowest BCUT2D eigenvalue weighted by Crippen LogP contribution is -2.43. The number of carboxylic acid groups (broad SMARTS) is 1. The highest BCUT2D eigenvalue weighted by Gasteiger charge is 2.23. The molecule has 1 unspecified atom stereocenters. The van der Waals surface area contributed by atoms with E-state index >= 15 is 0 Å². The molecule has 8 nitrogen and oxygen atoms in total. The summed E-state index contributed by atoms with van der Waals surface area (Å²) in [6.07, 6.45) is 2.03. The number of carbonyl (C=O) groups excluding carboxylic acids is 3. The molecule has 0 aromatic heterocycles. The second kappa shape index (κ2) is 10.2. The van der Waals surface area contributed by atoms with Crippen LogP contribution in [0.1, 0.15) is 28.8 Å². The monoisotopic (exact) mass is 349 g/mol. The molecule has 8 heteroatoms. The van der Waals surface area contributed by atoms with Crippen LogP contribution in [0.15, 0.2) is 18.2 Å². The fourth-order valence-electron chi connectivity index (χ4n) is 2.53. The van der Waals surface area contributed by atoms with Gasteiger partial charge in [0.1, 0.15) is 19.1 Å². The minimum absolute atomic E-state index is 0.229. The average Bonchev–Trinajstić information content (AvgIpc) is 2.60. The van der Waals surface area contributed by atoms with E-state index in [2.05, 4.69) is 10.6 Å². The van der Waals surface area contributed by atoms with Crippen molar-refractivity contribution in [1.82, 2.24) is 10.2 Å². The number of rotatable bonds is 11. The fraction of sp³-hybridized carbons (Fsp3) is 0.412. The summed E-state index contributed by atoms with van der Waals surface area (Å²) in [7, 11) is 3.23. The van der Waals surface area contributed by atoms with Gasteiger partial charge in [-0.3, -0.25) is 19.3 Å². The lowest BCUT2D eigenvalue weighted by Gasteiger charge is -2.27. The van der Waals surface area contributed by atoms with Crippen LogP contribution in [-0.2, 0) is 20.9 Å². The Labute approximate surface area is 146 Å². The van der Waals surface area contributed by atoms with Gasteiger partial charge in [0.2, 0.25) is 5.91 Å². The topological polar surface area (TPSA) is 116 Å². The molecule has 0 aliphatic carbocycles. The summed E-state index contributed by atoms with van der Waals surface area (Å²) >= 11 is 0. The maximum absolute atomic E-state index is 12.1. The molecule has 0 saturated heterocycles. The third kappa shape index (κ3) is 6.00. The van der Waals surface area contributed by atoms with Crippen molar-refractivity contribution in [3.63, 3.8) is 0 Å². The van der Waals surface area contributed by atoms with Crippen molar-refractivity contribution in [2.75, 3.05) is 26.0 Å². The summed E-state index contributed by atoms with van der Waals surface area (Å²) in [6, 6.07) is 4.42. The standard InChI is InChI=1S/C17H23N3O5/c1-18-17(25)15(7-4-8-21)20(2)10-13-12(11-22)5-3-6-14(13)19-9-16(23)24/h3,5-6,8,11,15,19H,4,7,9-10H2,1-2H3,(H,18,25)(H,23,24). The molecule has 136 valence electrons.